The van der Waals surface area contributed by atoms with Crippen molar-refractivity contribution >= 4 is 33.7 Å². The molecule has 0 saturated carbocycles. The average molecular weight is 469 g/mol. The Hall–Kier alpha value is -3.71. The summed E-state index contributed by atoms with van der Waals surface area (Å²) in [6.45, 7) is 5.10. The highest BCUT2D eigenvalue weighted by molar-refractivity contribution is 5.95. The van der Waals surface area contributed by atoms with Crippen molar-refractivity contribution in [3.63, 3.8) is 0 Å². The Morgan fingerprint density at radius 1 is 1.03 bits per heavy atom. The van der Waals surface area contributed by atoms with E-state index in [0.717, 1.165) is 51.7 Å². The lowest BCUT2D eigenvalue weighted by Crippen LogP contribution is -2.66. The topological polar surface area (TPSA) is 69.9 Å². The zero-order valence-corrected chi connectivity index (χ0v) is 19.8. The van der Waals surface area contributed by atoms with Gasteiger partial charge in [-0.05, 0) is 23.8 Å². The molecule has 0 spiro atoms. The maximum absolute atomic E-state index is 13.6. The van der Waals surface area contributed by atoms with Crippen molar-refractivity contribution in [2.24, 2.45) is 0 Å². The minimum atomic E-state index is -0.457. The lowest BCUT2D eigenvalue weighted by Gasteiger charge is -2.46. The van der Waals surface area contributed by atoms with Gasteiger partial charge in [0.2, 0.25) is 11.8 Å². The Balaban J connectivity index is 1.21. The van der Waals surface area contributed by atoms with Gasteiger partial charge in [0.25, 0.3) is 0 Å². The predicted molar refractivity (Wildman–Crippen MR) is 134 cm³/mol. The zero-order chi connectivity index (χ0) is 23.9. The Kier molecular flexibility index (Phi) is 5.49. The number of fused-ring (bicyclic) bond motifs is 3. The fraction of sp³-hybridized carbons (Fsp3) is 0.321. The molecule has 0 radical (unpaired) electrons. The van der Waals surface area contributed by atoms with E-state index in [-0.39, 0.29) is 18.4 Å². The van der Waals surface area contributed by atoms with Crippen LogP contribution < -0.4 is 0 Å². The molecule has 2 aromatic carbocycles. The summed E-state index contributed by atoms with van der Waals surface area (Å²) in [6, 6.07) is 17.7. The molecule has 2 saturated heterocycles. The number of aryl methyl sites for hydroxylation is 1. The Bertz CT molecular complexity index is 1430. The second-order valence-corrected chi connectivity index (χ2v) is 9.42. The summed E-state index contributed by atoms with van der Waals surface area (Å²) in [5, 5.41) is 2.12. The van der Waals surface area contributed by atoms with Crippen LogP contribution in [-0.2, 0) is 29.1 Å². The van der Waals surface area contributed by atoms with Crippen molar-refractivity contribution in [2.75, 3.05) is 26.2 Å². The first-order chi connectivity index (χ1) is 17.1. The third-order valence-corrected chi connectivity index (χ3v) is 7.21. The third-order valence-electron chi connectivity index (χ3n) is 7.21. The fourth-order valence-corrected chi connectivity index (χ4v) is 5.43. The summed E-state index contributed by atoms with van der Waals surface area (Å²) >= 11 is 0. The van der Waals surface area contributed by atoms with Crippen molar-refractivity contribution in [1.82, 2.24) is 19.7 Å². The van der Waals surface area contributed by atoms with E-state index in [9.17, 15) is 9.59 Å². The van der Waals surface area contributed by atoms with Gasteiger partial charge in [0.15, 0.2) is 0 Å². The van der Waals surface area contributed by atoms with Gasteiger partial charge < -0.3 is 14.2 Å². The number of aromatic nitrogens is 1. The molecular weight excluding hydrogens is 440 g/mol. The van der Waals surface area contributed by atoms with Crippen LogP contribution in [0.5, 0.6) is 0 Å². The number of hydrogen-bond acceptors (Lipinski definition) is 5. The monoisotopic (exact) mass is 468 g/mol. The second-order valence-electron chi connectivity index (χ2n) is 9.42. The number of carbonyl (C=O) groups excluding carboxylic acids is 2. The van der Waals surface area contributed by atoms with Gasteiger partial charge in [-0.3, -0.25) is 19.5 Å². The molecule has 1 unspecified atom stereocenters. The van der Waals surface area contributed by atoms with Crippen molar-refractivity contribution in [1.29, 1.82) is 0 Å². The van der Waals surface area contributed by atoms with Crippen LogP contribution in [0.2, 0.25) is 0 Å². The minimum Gasteiger partial charge on any atom is -0.461 e. The summed E-state index contributed by atoms with van der Waals surface area (Å²) in [5.41, 5.74) is 3.92. The molecule has 4 heterocycles. The molecule has 0 N–H and O–H groups in total. The first-order valence-corrected chi connectivity index (χ1v) is 12.2. The van der Waals surface area contributed by atoms with Crippen molar-refractivity contribution in [3.05, 3.63) is 77.7 Å². The lowest BCUT2D eigenvalue weighted by atomic mass is 10.0. The Morgan fingerprint density at radius 3 is 2.74 bits per heavy atom. The molecule has 0 aliphatic carbocycles. The molecule has 7 nitrogen and oxygen atoms in total. The van der Waals surface area contributed by atoms with Crippen LogP contribution >= 0.6 is 0 Å². The van der Waals surface area contributed by atoms with E-state index in [4.69, 9.17) is 4.42 Å². The van der Waals surface area contributed by atoms with Crippen LogP contribution in [0.15, 0.2) is 65.2 Å². The third kappa shape index (κ3) is 3.96. The number of para-hydroxylation sites is 2. The molecule has 2 aromatic heterocycles. The SMILES string of the molecule is CCc1oc2ccccc2c1CN1CC(=O)N2CCN(Cc3cnc4ccccc4c3)CC2C1=O. The van der Waals surface area contributed by atoms with Gasteiger partial charge >= 0.3 is 0 Å². The number of benzene rings is 2. The summed E-state index contributed by atoms with van der Waals surface area (Å²) in [5.74, 6) is 0.911. The Labute approximate surface area is 203 Å². The van der Waals surface area contributed by atoms with Gasteiger partial charge in [-0.25, -0.2) is 0 Å². The second kappa shape index (κ2) is 8.82. The number of nitrogens with zero attached hydrogens (tertiary/aromatic N) is 4. The Morgan fingerprint density at radius 2 is 1.86 bits per heavy atom. The van der Waals surface area contributed by atoms with Crippen LogP contribution in [0.25, 0.3) is 21.9 Å². The fourth-order valence-electron chi connectivity index (χ4n) is 5.43. The van der Waals surface area contributed by atoms with Crippen molar-refractivity contribution in [2.45, 2.75) is 32.5 Å². The molecule has 2 fully saturated rings. The number of furan rings is 1. The van der Waals surface area contributed by atoms with E-state index in [2.05, 4.69) is 22.0 Å². The van der Waals surface area contributed by atoms with E-state index >= 15 is 0 Å². The van der Waals surface area contributed by atoms with Gasteiger partial charge in [0, 0.05) is 55.1 Å². The number of rotatable bonds is 5. The summed E-state index contributed by atoms with van der Waals surface area (Å²) < 4.78 is 6.03. The van der Waals surface area contributed by atoms with Crippen LogP contribution in [0.1, 0.15) is 23.8 Å². The average Bonchev–Trinajstić information content (AvgIpc) is 3.24. The van der Waals surface area contributed by atoms with Crippen LogP contribution in [0.4, 0.5) is 0 Å². The lowest BCUT2D eigenvalue weighted by molar-refractivity contribution is -0.160. The maximum Gasteiger partial charge on any atom is 0.247 e. The van der Waals surface area contributed by atoms with Gasteiger partial charge in [-0.1, -0.05) is 43.3 Å². The highest BCUT2D eigenvalue weighted by Crippen LogP contribution is 2.29. The molecule has 1 atom stereocenters. The largest absolute Gasteiger partial charge is 0.461 e. The molecule has 2 aliphatic rings. The van der Waals surface area contributed by atoms with Crippen molar-refractivity contribution < 1.29 is 14.0 Å². The molecular formula is C28H28N4O3. The minimum absolute atomic E-state index is 0.0123. The predicted octanol–water partition coefficient (Wildman–Crippen LogP) is 3.60. The number of hydrogen-bond donors (Lipinski definition) is 0. The van der Waals surface area contributed by atoms with Gasteiger partial charge in [0.1, 0.15) is 23.9 Å². The molecule has 4 aromatic rings. The summed E-state index contributed by atoms with van der Waals surface area (Å²) in [4.78, 5) is 36.9. The van der Waals surface area contributed by atoms with Crippen LogP contribution in [0, 0.1) is 0 Å². The standard InChI is InChI=1S/C28H28N4O3/c1-2-25-22(21-8-4-6-10-26(21)35-25)16-31-18-27(33)32-12-11-30(17-24(32)28(31)34)15-19-13-20-7-3-5-9-23(20)29-14-19/h3-10,13-14,24H,2,11-12,15-18H2,1H3. The highest BCUT2D eigenvalue weighted by atomic mass is 16.3. The molecule has 7 heteroatoms. The normalized spacial score (nSPS) is 19.1. The van der Waals surface area contributed by atoms with E-state index in [1.54, 1.807) is 9.80 Å². The summed E-state index contributed by atoms with van der Waals surface area (Å²) in [7, 11) is 0. The van der Waals surface area contributed by atoms with E-state index in [1.165, 1.54) is 0 Å². The first kappa shape index (κ1) is 21.8. The van der Waals surface area contributed by atoms with Gasteiger partial charge in [0.05, 0.1) is 12.1 Å². The molecule has 6 rings (SSSR count). The van der Waals surface area contributed by atoms with Crippen LogP contribution in [-0.4, -0.2) is 63.7 Å². The van der Waals surface area contributed by atoms with Crippen molar-refractivity contribution in [3.8, 4) is 0 Å². The van der Waals surface area contributed by atoms with Gasteiger partial charge in [-0.2, -0.15) is 0 Å². The number of amides is 2. The number of carbonyl (C=O) groups is 2. The van der Waals surface area contributed by atoms with E-state index in [1.807, 2.05) is 55.6 Å². The molecule has 2 aliphatic heterocycles. The van der Waals surface area contributed by atoms with Crippen LogP contribution in [0.3, 0.4) is 0 Å². The molecule has 178 valence electrons. The molecule has 0 bridgehead atoms. The van der Waals surface area contributed by atoms with Gasteiger partial charge in [-0.15, -0.1) is 0 Å². The highest BCUT2D eigenvalue weighted by Gasteiger charge is 2.42. The number of pyridine rings is 1. The summed E-state index contributed by atoms with van der Waals surface area (Å²) in [6.07, 6.45) is 2.65. The first-order valence-electron chi connectivity index (χ1n) is 12.2. The molecule has 2 amide bonds. The quantitative estimate of drug-likeness (QED) is 0.448. The maximum atomic E-state index is 13.6. The zero-order valence-electron chi connectivity index (χ0n) is 19.8. The van der Waals surface area contributed by atoms with E-state index in [0.29, 0.717) is 26.2 Å². The molecule has 35 heavy (non-hydrogen) atoms. The number of piperazine rings is 2. The van der Waals surface area contributed by atoms with E-state index < -0.39 is 6.04 Å². The smallest absolute Gasteiger partial charge is 0.247 e.